The van der Waals surface area contributed by atoms with Crippen molar-refractivity contribution < 1.29 is 8.42 Å². The summed E-state index contributed by atoms with van der Waals surface area (Å²) in [5, 5.41) is 5.21. The van der Waals surface area contributed by atoms with Gasteiger partial charge in [-0.25, -0.2) is 8.42 Å². The summed E-state index contributed by atoms with van der Waals surface area (Å²) in [7, 11) is -3.44. The lowest BCUT2D eigenvalue weighted by Crippen LogP contribution is -2.51. The topological polar surface area (TPSA) is 52.6 Å². The van der Waals surface area contributed by atoms with Gasteiger partial charge in [0.2, 0.25) is 10.0 Å². The molecule has 0 spiro atoms. The van der Waals surface area contributed by atoms with Gasteiger partial charge in [0.15, 0.2) is 5.11 Å². The second kappa shape index (κ2) is 8.86. The molecular formula is C21H25N3O2S2. The van der Waals surface area contributed by atoms with Crippen LogP contribution < -0.4 is 5.32 Å². The molecule has 0 amide bonds. The van der Waals surface area contributed by atoms with E-state index < -0.39 is 10.0 Å². The van der Waals surface area contributed by atoms with E-state index in [1.54, 1.807) is 6.08 Å². The zero-order valence-corrected chi connectivity index (χ0v) is 17.8. The van der Waals surface area contributed by atoms with Crippen molar-refractivity contribution >= 4 is 39.1 Å². The van der Waals surface area contributed by atoms with Crippen LogP contribution in [-0.2, 0) is 10.0 Å². The molecule has 7 heteroatoms. The molecule has 0 bridgehead atoms. The standard InChI is InChI=1S/C21H25N3O2S2/c1-17-7-6-10-20(18(17)2)22-21(27)23-12-14-24(15-13-23)28(25,26)16-11-19-8-4-3-5-9-19/h3-11,16H,12-15H2,1-2H3,(H,22,27)/b16-11+. The number of nitrogens with one attached hydrogen (secondary N) is 1. The van der Waals surface area contributed by atoms with Crippen molar-refractivity contribution in [2.45, 2.75) is 13.8 Å². The van der Waals surface area contributed by atoms with Gasteiger partial charge in [-0.1, -0.05) is 42.5 Å². The number of anilines is 1. The van der Waals surface area contributed by atoms with Gasteiger partial charge in [0.05, 0.1) is 0 Å². The van der Waals surface area contributed by atoms with Crippen molar-refractivity contribution in [2.24, 2.45) is 0 Å². The van der Waals surface area contributed by atoms with E-state index in [0.717, 1.165) is 16.8 Å². The third kappa shape index (κ3) is 4.98. The van der Waals surface area contributed by atoms with Gasteiger partial charge in [0.25, 0.3) is 0 Å². The highest BCUT2D eigenvalue weighted by Gasteiger charge is 2.26. The molecule has 1 saturated heterocycles. The molecule has 0 atom stereocenters. The van der Waals surface area contributed by atoms with Crippen LogP contribution in [0.2, 0.25) is 0 Å². The van der Waals surface area contributed by atoms with Crippen LogP contribution in [-0.4, -0.2) is 48.9 Å². The number of hydrogen-bond acceptors (Lipinski definition) is 3. The van der Waals surface area contributed by atoms with E-state index in [4.69, 9.17) is 12.2 Å². The minimum absolute atomic E-state index is 0.413. The summed E-state index contributed by atoms with van der Waals surface area (Å²) in [6, 6.07) is 15.5. The van der Waals surface area contributed by atoms with E-state index in [1.807, 2.05) is 47.4 Å². The van der Waals surface area contributed by atoms with Crippen LogP contribution in [0.4, 0.5) is 5.69 Å². The van der Waals surface area contributed by atoms with E-state index in [1.165, 1.54) is 15.3 Å². The Hall–Kier alpha value is -2.22. The largest absolute Gasteiger partial charge is 0.346 e. The summed E-state index contributed by atoms with van der Waals surface area (Å²) in [4.78, 5) is 2.02. The van der Waals surface area contributed by atoms with Crippen LogP contribution in [0.5, 0.6) is 0 Å². The fourth-order valence-corrected chi connectivity index (χ4v) is 4.51. The lowest BCUT2D eigenvalue weighted by atomic mass is 10.1. The fraction of sp³-hybridized carbons (Fsp3) is 0.286. The highest BCUT2D eigenvalue weighted by Crippen LogP contribution is 2.19. The number of benzene rings is 2. The number of sulfonamides is 1. The summed E-state index contributed by atoms with van der Waals surface area (Å²) in [5.74, 6) is 0. The maximum Gasteiger partial charge on any atom is 0.236 e. The van der Waals surface area contributed by atoms with Crippen LogP contribution in [0.15, 0.2) is 53.9 Å². The molecule has 0 aromatic heterocycles. The first-order chi connectivity index (χ1) is 13.4. The van der Waals surface area contributed by atoms with Crippen molar-refractivity contribution in [1.82, 2.24) is 9.21 Å². The average molecular weight is 416 g/mol. The summed E-state index contributed by atoms with van der Waals surface area (Å²) in [6.07, 6.45) is 1.63. The Kier molecular flexibility index (Phi) is 6.49. The van der Waals surface area contributed by atoms with Crippen LogP contribution >= 0.6 is 12.2 Å². The highest BCUT2D eigenvalue weighted by molar-refractivity contribution is 7.92. The minimum atomic E-state index is -3.44. The number of aryl methyl sites for hydroxylation is 1. The molecule has 3 rings (SSSR count). The Morgan fingerprint density at radius 1 is 1.00 bits per heavy atom. The Labute approximate surface area is 172 Å². The zero-order chi connectivity index (χ0) is 20.1. The molecule has 5 nitrogen and oxygen atoms in total. The van der Waals surface area contributed by atoms with Gasteiger partial charge >= 0.3 is 0 Å². The van der Waals surface area contributed by atoms with Gasteiger partial charge in [0.1, 0.15) is 0 Å². The maximum atomic E-state index is 12.6. The first-order valence-electron chi connectivity index (χ1n) is 9.22. The molecule has 1 fully saturated rings. The van der Waals surface area contributed by atoms with E-state index in [-0.39, 0.29) is 0 Å². The Balaban J connectivity index is 1.58. The molecule has 1 aliphatic rings. The fourth-order valence-electron chi connectivity index (χ4n) is 3.04. The lowest BCUT2D eigenvalue weighted by molar-refractivity contribution is 0.270. The molecular weight excluding hydrogens is 390 g/mol. The average Bonchev–Trinajstić information content (AvgIpc) is 2.71. The lowest BCUT2D eigenvalue weighted by Gasteiger charge is -2.35. The molecule has 2 aromatic rings. The van der Waals surface area contributed by atoms with Crippen LogP contribution in [0.25, 0.3) is 6.08 Å². The van der Waals surface area contributed by atoms with E-state index in [9.17, 15) is 8.42 Å². The Morgan fingerprint density at radius 2 is 1.68 bits per heavy atom. The molecule has 2 aromatic carbocycles. The Bertz CT molecular complexity index is 964. The van der Waals surface area contributed by atoms with Crippen molar-refractivity contribution in [1.29, 1.82) is 0 Å². The first kappa shape index (κ1) is 20.5. The minimum Gasteiger partial charge on any atom is -0.346 e. The molecule has 148 valence electrons. The Morgan fingerprint density at radius 3 is 2.36 bits per heavy atom. The summed E-state index contributed by atoms with van der Waals surface area (Å²) in [5.41, 5.74) is 4.22. The molecule has 0 aliphatic carbocycles. The van der Waals surface area contributed by atoms with Gasteiger partial charge in [0, 0.05) is 37.3 Å². The number of nitrogens with zero attached hydrogens (tertiary/aromatic N) is 2. The van der Waals surface area contributed by atoms with Crippen LogP contribution in [0, 0.1) is 13.8 Å². The second-order valence-electron chi connectivity index (χ2n) is 6.82. The van der Waals surface area contributed by atoms with Gasteiger partial charge in [-0.3, -0.25) is 0 Å². The van der Waals surface area contributed by atoms with Crippen molar-refractivity contribution in [3.8, 4) is 0 Å². The molecule has 1 N–H and O–H groups in total. The summed E-state index contributed by atoms with van der Waals surface area (Å²) >= 11 is 5.54. The van der Waals surface area contributed by atoms with Crippen LogP contribution in [0.3, 0.4) is 0 Å². The van der Waals surface area contributed by atoms with Gasteiger partial charge in [-0.15, -0.1) is 0 Å². The van der Waals surface area contributed by atoms with Gasteiger partial charge in [-0.05, 0) is 54.9 Å². The zero-order valence-electron chi connectivity index (χ0n) is 16.1. The quantitative estimate of drug-likeness (QED) is 0.773. The van der Waals surface area contributed by atoms with E-state index in [0.29, 0.717) is 31.3 Å². The molecule has 28 heavy (non-hydrogen) atoms. The van der Waals surface area contributed by atoms with Crippen molar-refractivity contribution in [2.75, 3.05) is 31.5 Å². The predicted octanol–water partition coefficient (Wildman–Crippen LogP) is 3.62. The monoisotopic (exact) mass is 415 g/mol. The van der Waals surface area contributed by atoms with Crippen molar-refractivity contribution in [3.63, 3.8) is 0 Å². The molecule has 1 aliphatic heterocycles. The highest BCUT2D eigenvalue weighted by atomic mass is 32.2. The number of rotatable bonds is 4. The van der Waals surface area contributed by atoms with Gasteiger partial charge < -0.3 is 10.2 Å². The molecule has 1 heterocycles. The molecule has 0 saturated carbocycles. The molecule has 0 unspecified atom stereocenters. The number of hydrogen-bond donors (Lipinski definition) is 1. The van der Waals surface area contributed by atoms with E-state index in [2.05, 4.69) is 25.2 Å². The maximum absolute atomic E-state index is 12.6. The third-order valence-electron chi connectivity index (χ3n) is 4.96. The normalized spacial score (nSPS) is 15.7. The van der Waals surface area contributed by atoms with Crippen LogP contribution in [0.1, 0.15) is 16.7 Å². The summed E-state index contributed by atoms with van der Waals surface area (Å²) < 4.78 is 26.7. The predicted molar refractivity (Wildman–Crippen MR) is 120 cm³/mol. The second-order valence-corrected chi connectivity index (χ2v) is 9.03. The van der Waals surface area contributed by atoms with Gasteiger partial charge in [-0.2, -0.15) is 4.31 Å². The summed E-state index contributed by atoms with van der Waals surface area (Å²) in [6.45, 7) is 6.08. The SMILES string of the molecule is Cc1cccc(NC(=S)N2CCN(S(=O)(=O)/C=C/c3ccccc3)CC2)c1C. The first-order valence-corrected chi connectivity index (χ1v) is 11.1. The van der Waals surface area contributed by atoms with E-state index >= 15 is 0 Å². The third-order valence-corrected chi connectivity index (χ3v) is 6.89. The van der Waals surface area contributed by atoms with Crippen molar-refractivity contribution in [3.05, 3.63) is 70.6 Å². The number of thiocarbonyl (C=S) groups is 1. The smallest absolute Gasteiger partial charge is 0.236 e. The molecule has 0 radical (unpaired) electrons. The number of piperazine rings is 1.